The van der Waals surface area contributed by atoms with E-state index in [1.54, 1.807) is 12.4 Å². The molecule has 2 rings (SSSR count). The molecule has 0 amide bonds. The standard InChI is InChI=1S/C13H13Cl2N3/c1-18(9-11-4-2-3-5-16-11)13-6-10(7-14)12(15)8-17-13/h2-6,8H,7,9H2,1H3. The van der Waals surface area contributed by atoms with Gasteiger partial charge < -0.3 is 4.90 Å². The fourth-order valence-corrected chi connectivity index (χ4v) is 2.05. The molecule has 0 N–H and O–H groups in total. The minimum atomic E-state index is 0.381. The summed E-state index contributed by atoms with van der Waals surface area (Å²) in [7, 11) is 1.96. The van der Waals surface area contributed by atoms with E-state index in [1.807, 2.05) is 36.2 Å². The summed E-state index contributed by atoms with van der Waals surface area (Å²) in [6.07, 6.45) is 3.41. The Hall–Kier alpha value is -1.32. The van der Waals surface area contributed by atoms with Gasteiger partial charge in [-0.3, -0.25) is 4.98 Å². The monoisotopic (exact) mass is 281 g/mol. The molecule has 18 heavy (non-hydrogen) atoms. The maximum atomic E-state index is 5.98. The molecule has 0 radical (unpaired) electrons. The predicted octanol–water partition coefficient (Wildman–Crippen LogP) is 3.51. The van der Waals surface area contributed by atoms with Gasteiger partial charge in [0.25, 0.3) is 0 Å². The van der Waals surface area contributed by atoms with Crippen molar-refractivity contribution in [2.45, 2.75) is 12.4 Å². The van der Waals surface area contributed by atoms with Gasteiger partial charge >= 0.3 is 0 Å². The van der Waals surface area contributed by atoms with E-state index in [-0.39, 0.29) is 0 Å². The van der Waals surface area contributed by atoms with Crippen molar-refractivity contribution >= 4 is 29.0 Å². The average molecular weight is 282 g/mol. The summed E-state index contributed by atoms with van der Waals surface area (Å²) in [5, 5.41) is 0.597. The molecule has 0 aliphatic heterocycles. The van der Waals surface area contributed by atoms with Crippen LogP contribution in [0.25, 0.3) is 0 Å². The smallest absolute Gasteiger partial charge is 0.128 e. The highest BCUT2D eigenvalue weighted by Gasteiger charge is 2.07. The number of aromatic nitrogens is 2. The maximum Gasteiger partial charge on any atom is 0.128 e. The van der Waals surface area contributed by atoms with Crippen LogP contribution in [0.4, 0.5) is 5.82 Å². The number of hydrogen-bond donors (Lipinski definition) is 0. The normalized spacial score (nSPS) is 10.4. The molecule has 5 heteroatoms. The number of anilines is 1. The Bertz CT molecular complexity index is 517. The molecule has 94 valence electrons. The second-order valence-corrected chi connectivity index (χ2v) is 4.62. The van der Waals surface area contributed by atoms with Crippen LogP contribution in [0.1, 0.15) is 11.3 Å². The molecule has 0 fully saturated rings. The summed E-state index contributed by atoms with van der Waals surface area (Å²) < 4.78 is 0. The van der Waals surface area contributed by atoms with E-state index in [0.29, 0.717) is 17.4 Å². The van der Waals surface area contributed by atoms with E-state index in [2.05, 4.69) is 9.97 Å². The Balaban J connectivity index is 2.16. The lowest BCUT2D eigenvalue weighted by Gasteiger charge is -2.18. The van der Waals surface area contributed by atoms with E-state index in [4.69, 9.17) is 23.2 Å². The second kappa shape index (κ2) is 6.03. The van der Waals surface area contributed by atoms with Crippen LogP contribution < -0.4 is 4.90 Å². The van der Waals surface area contributed by atoms with Gasteiger partial charge in [-0.15, -0.1) is 11.6 Å². The fraction of sp³-hybridized carbons (Fsp3) is 0.231. The number of rotatable bonds is 4. The molecule has 2 aromatic rings. The van der Waals surface area contributed by atoms with Gasteiger partial charge in [-0.25, -0.2) is 4.98 Å². The highest BCUT2D eigenvalue weighted by molar-refractivity contribution is 6.32. The van der Waals surface area contributed by atoms with Gasteiger partial charge in [0, 0.05) is 25.3 Å². The summed E-state index contributed by atoms with van der Waals surface area (Å²) in [5.41, 5.74) is 1.88. The average Bonchev–Trinajstić information content (AvgIpc) is 2.40. The van der Waals surface area contributed by atoms with Crippen molar-refractivity contribution in [2.75, 3.05) is 11.9 Å². The third-order valence-electron chi connectivity index (χ3n) is 2.58. The molecule has 0 aliphatic rings. The van der Waals surface area contributed by atoms with E-state index < -0.39 is 0 Å². The van der Waals surface area contributed by atoms with Gasteiger partial charge in [-0.1, -0.05) is 17.7 Å². The highest BCUT2D eigenvalue weighted by atomic mass is 35.5. The van der Waals surface area contributed by atoms with E-state index >= 15 is 0 Å². The zero-order chi connectivity index (χ0) is 13.0. The summed E-state index contributed by atoms with van der Waals surface area (Å²) in [5.74, 6) is 1.21. The van der Waals surface area contributed by atoms with Crippen molar-refractivity contribution < 1.29 is 0 Å². The second-order valence-electron chi connectivity index (χ2n) is 3.94. The van der Waals surface area contributed by atoms with Crippen LogP contribution in [0.3, 0.4) is 0 Å². The van der Waals surface area contributed by atoms with Crippen molar-refractivity contribution in [3.63, 3.8) is 0 Å². The van der Waals surface area contributed by atoms with Gasteiger partial charge in [0.05, 0.1) is 17.3 Å². The zero-order valence-corrected chi connectivity index (χ0v) is 11.5. The van der Waals surface area contributed by atoms with Crippen molar-refractivity contribution in [2.24, 2.45) is 0 Å². The van der Waals surface area contributed by atoms with Crippen molar-refractivity contribution in [3.8, 4) is 0 Å². The third-order valence-corrected chi connectivity index (χ3v) is 3.21. The predicted molar refractivity (Wildman–Crippen MR) is 75.1 cm³/mol. The Morgan fingerprint density at radius 3 is 2.78 bits per heavy atom. The van der Waals surface area contributed by atoms with Crippen molar-refractivity contribution in [1.29, 1.82) is 0 Å². The van der Waals surface area contributed by atoms with Crippen LogP contribution in [-0.2, 0) is 12.4 Å². The summed E-state index contributed by atoms with van der Waals surface area (Å²) >= 11 is 11.8. The van der Waals surface area contributed by atoms with Crippen LogP contribution in [0.2, 0.25) is 5.02 Å². The zero-order valence-electron chi connectivity index (χ0n) is 9.98. The Labute approximate surface area is 116 Å². The number of pyridine rings is 2. The van der Waals surface area contributed by atoms with Gasteiger partial charge in [0.15, 0.2) is 0 Å². The molecule has 3 nitrogen and oxygen atoms in total. The maximum absolute atomic E-state index is 5.98. The molecule has 0 aliphatic carbocycles. The lowest BCUT2D eigenvalue weighted by Crippen LogP contribution is -2.18. The molecule has 0 saturated carbocycles. The topological polar surface area (TPSA) is 29.0 Å². The van der Waals surface area contributed by atoms with Gasteiger partial charge in [0.1, 0.15) is 5.82 Å². The molecule has 2 heterocycles. The first kappa shape index (κ1) is 13.1. The minimum Gasteiger partial charge on any atom is -0.354 e. The van der Waals surface area contributed by atoms with E-state index in [9.17, 15) is 0 Å². The van der Waals surface area contributed by atoms with Gasteiger partial charge in [0.2, 0.25) is 0 Å². The largest absolute Gasteiger partial charge is 0.354 e. The summed E-state index contributed by atoms with van der Waals surface area (Å²) in [4.78, 5) is 10.6. The van der Waals surface area contributed by atoms with Gasteiger partial charge in [-0.05, 0) is 23.8 Å². The Morgan fingerprint density at radius 1 is 1.28 bits per heavy atom. The lowest BCUT2D eigenvalue weighted by atomic mass is 10.2. The van der Waals surface area contributed by atoms with Crippen LogP contribution in [0.15, 0.2) is 36.7 Å². The number of halogens is 2. The first-order chi connectivity index (χ1) is 8.70. The van der Waals surface area contributed by atoms with Crippen molar-refractivity contribution in [1.82, 2.24) is 9.97 Å². The third kappa shape index (κ3) is 3.12. The highest BCUT2D eigenvalue weighted by Crippen LogP contribution is 2.22. The van der Waals surface area contributed by atoms with E-state index in [1.165, 1.54) is 0 Å². The van der Waals surface area contributed by atoms with Crippen molar-refractivity contribution in [3.05, 3.63) is 52.9 Å². The Kier molecular flexibility index (Phi) is 4.39. The van der Waals surface area contributed by atoms with Crippen LogP contribution in [0, 0.1) is 0 Å². The summed E-state index contributed by atoms with van der Waals surface area (Å²) in [6.45, 7) is 0.692. The SMILES string of the molecule is CN(Cc1ccccn1)c1cc(CCl)c(Cl)cn1. The number of alkyl halides is 1. The molecule has 0 spiro atoms. The van der Waals surface area contributed by atoms with E-state index in [0.717, 1.165) is 17.1 Å². The molecule has 0 bridgehead atoms. The number of hydrogen-bond acceptors (Lipinski definition) is 3. The van der Waals surface area contributed by atoms with Crippen LogP contribution >= 0.6 is 23.2 Å². The minimum absolute atomic E-state index is 0.381. The number of nitrogens with zero attached hydrogens (tertiary/aromatic N) is 3. The first-order valence-corrected chi connectivity index (χ1v) is 6.43. The van der Waals surface area contributed by atoms with Crippen LogP contribution in [0.5, 0.6) is 0 Å². The first-order valence-electron chi connectivity index (χ1n) is 5.52. The molecular weight excluding hydrogens is 269 g/mol. The molecule has 0 aromatic carbocycles. The molecule has 0 unspecified atom stereocenters. The molecule has 2 aromatic heterocycles. The molecule has 0 atom stereocenters. The fourth-order valence-electron chi connectivity index (χ4n) is 1.59. The Morgan fingerprint density at radius 2 is 2.11 bits per heavy atom. The lowest BCUT2D eigenvalue weighted by molar-refractivity contribution is 0.864. The molecular formula is C13H13Cl2N3. The summed E-state index contributed by atoms with van der Waals surface area (Å²) in [6, 6.07) is 7.75. The quantitative estimate of drug-likeness (QED) is 0.804. The molecule has 0 saturated heterocycles. The van der Waals surface area contributed by atoms with Crippen LogP contribution in [-0.4, -0.2) is 17.0 Å². The van der Waals surface area contributed by atoms with Gasteiger partial charge in [-0.2, -0.15) is 0 Å².